The standard InChI is InChI=1S/C13H15NO4/c1-8-6-13(9(2)5-12(8)14(16)17)18-11-4-3-10(15)7-11/h5-6,11H,3-4,7H2,1-2H3. The molecule has 1 fully saturated rings. The van der Waals surface area contributed by atoms with Gasteiger partial charge in [-0.1, -0.05) is 0 Å². The molecule has 96 valence electrons. The van der Waals surface area contributed by atoms with Gasteiger partial charge in [-0.15, -0.1) is 0 Å². The first-order valence-corrected chi connectivity index (χ1v) is 5.91. The second-order valence-corrected chi connectivity index (χ2v) is 4.68. The molecule has 1 saturated carbocycles. The summed E-state index contributed by atoms with van der Waals surface area (Å²) in [5.74, 6) is 0.856. The summed E-state index contributed by atoms with van der Waals surface area (Å²) in [5.41, 5.74) is 1.40. The van der Waals surface area contributed by atoms with Crippen molar-refractivity contribution in [3.05, 3.63) is 33.4 Å². The summed E-state index contributed by atoms with van der Waals surface area (Å²) >= 11 is 0. The molecule has 0 saturated heterocycles. The Morgan fingerprint density at radius 3 is 2.61 bits per heavy atom. The largest absolute Gasteiger partial charge is 0.490 e. The van der Waals surface area contributed by atoms with Gasteiger partial charge >= 0.3 is 0 Å². The molecule has 0 spiro atoms. The molecular weight excluding hydrogens is 234 g/mol. The summed E-state index contributed by atoms with van der Waals surface area (Å²) in [6.45, 7) is 3.46. The lowest BCUT2D eigenvalue weighted by Crippen LogP contribution is -2.13. The molecule has 0 amide bonds. The van der Waals surface area contributed by atoms with Gasteiger partial charge < -0.3 is 4.74 Å². The molecule has 2 rings (SSSR count). The zero-order chi connectivity index (χ0) is 13.3. The number of hydrogen-bond acceptors (Lipinski definition) is 4. The molecule has 0 aliphatic heterocycles. The van der Waals surface area contributed by atoms with Crippen LogP contribution < -0.4 is 4.74 Å². The van der Waals surface area contributed by atoms with Gasteiger partial charge in [-0.2, -0.15) is 0 Å². The predicted molar refractivity (Wildman–Crippen MR) is 65.8 cm³/mol. The summed E-state index contributed by atoms with van der Waals surface area (Å²) in [7, 11) is 0. The monoisotopic (exact) mass is 249 g/mol. The predicted octanol–water partition coefficient (Wildman–Crippen LogP) is 2.71. The molecule has 1 aromatic rings. The van der Waals surface area contributed by atoms with Crippen molar-refractivity contribution >= 4 is 11.5 Å². The molecule has 0 N–H and O–H groups in total. The molecule has 1 aromatic carbocycles. The minimum Gasteiger partial charge on any atom is -0.490 e. The molecule has 1 aliphatic carbocycles. The molecule has 1 atom stereocenters. The minimum absolute atomic E-state index is 0.0861. The molecule has 5 nitrogen and oxygen atoms in total. The number of nitrogens with zero attached hydrogens (tertiary/aromatic N) is 1. The Kier molecular flexibility index (Phi) is 3.32. The van der Waals surface area contributed by atoms with Gasteiger partial charge in [-0.3, -0.25) is 14.9 Å². The Balaban J connectivity index is 2.21. The SMILES string of the molecule is Cc1cc([N+](=O)[O-])c(C)cc1OC1CCC(=O)C1. The Morgan fingerprint density at radius 2 is 2.06 bits per heavy atom. The number of rotatable bonds is 3. The number of carbonyl (C=O) groups excluding carboxylic acids is 1. The lowest BCUT2D eigenvalue weighted by molar-refractivity contribution is -0.385. The number of hydrogen-bond donors (Lipinski definition) is 0. The third-order valence-corrected chi connectivity index (χ3v) is 3.18. The van der Waals surface area contributed by atoms with Crippen LogP contribution in [0.4, 0.5) is 5.69 Å². The Hall–Kier alpha value is -1.91. The number of ketones is 1. The van der Waals surface area contributed by atoms with Gasteiger partial charge in [0.25, 0.3) is 5.69 Å². The fourth-order valence-corrected chi connectivity index (χ4v) is 2.16. The molecule has 1 unspecified atom stereocenters. The molecule has 0 bridgehead atoms. The van der Waals surface area contributed by atoms with Crippen molar-refractivity contribution in [3.63, 3.8) is 0 Å². The Labute approximate surface area is 105 Å². The zero-order valence-electron chi connectivity index (χ0n) is 10.4. The van der Waals surface area contributed by atoms with Gasteiger partial charge in [0.1, 0.15) is 17.6 Å². The first-order chi connectivity index (χ1) is 8.47. The van der Waals surface area contributed by atoms with Crippen LogP contribution in [0.3, 0.4) is 0 Å². The van der Waals surface area contributed by atoms with E-state index in [9.17, 15) is 14.9 Å². The highest BCUT2D eigenvalue weighted by atomic mass is 16.6. The molecule has 0 radical (unpaired) electrons. The fourth-order valence-electron chi connectivity index (χ4n) is 2.16. The van der Waals surface area contributed by atoms with E-state index in [0.717, 1.165) is 12.0 Å². The topological polar surface area (TPSA) is 69.4 Å². The first kappa shape index (κ1) is 12.5. The number of aryl methyl sites for hydroxylation is 2. The highest BCUT2D eigenvalue weighted by Gasteiger charge is 2.24. The third-order valence-electron chi connectivity index (χ3n) is 3.18. The van der Waals surface area contributed by atoms with Crippen LogP contribution in [0.15, 0.2) is 12.1 Å². The maximum Gasteiger partial charge on any atom is 0.272 e. The lowest BCUT2D eigenvalue weighted by Gasteiger charge is -2.15. The number of nitro groups is 1. The van der Waals surface area contributed by atoms with E-state index in [4.69, 9.17) is 4.74 Å². The van der Waals surface area contributed by atoms with Gasteiger partial charge in [-0.05, 0) is 31.9 Å². The number of benzene rings is 1. The van der Waals surface area contributed by atoms with E-state index < -0.39 is 4.92 Å². The highest BCUT2D eigenvalue weighted by Crippen LogP contribution is 2.30. The van der Waals surface area contributed by atoms with Crippen LogP contribution in [-0.4, -0.2) is 16.8 Å². The smallest absolute Gasteiger partial charge is 0.272 e. The molecular formula is C13H15NO4. The Morgan fingerprint density at radius 1 is 1.33 bits per heavy atom. The summed E-state index contributed by atoms with van der Waals surface area (Å²) in [6, 6.07) is 3.19. The van der Waals surface area contributed by atoms with E-state index in [2.05, 4.69) is 0 Å². The van der Waals surface area contributed by atoms with E-state index in [1.54, 1.807) is 19.9 Å². The second kappa shape index (κ2) is 4.76. The van der Waals surface area contributed by atoms with Crippen molar-refractivity contribution < 1.29 is 14.5 Å². The number of ether oxygens (including phenoxy) is 1. The van der Waals surface area contributed by atoms with Crippen molar-refractivity contribution in [2.75, 3.05) is 0 Å². The number of carbonyl (C=O) groups is 1. The maximum absolute atomic E-state index is 11.2. The van der Waals surface area contributed by atoms with Crippen LogP contribution in [-0.2, 0) is 4.79 Å². The zero-order valence-corrected chi connectivity index (χ0v) is 10.4. The number of Topliss-reactive ketones (excluding diaryl/α,β-unsaturated/α-hetero) is 1. The average molecular weight is 249 g/mol. The molecule has 0 aromatic heterocycles. The van der Waals surface area contributed by atoms with E-state index in [-0.39, 0.29) is 17.6 Å². The van der Waals surface area contributed by atoms with E-state index >= 15 is 0 Å². The summed E-state index contributed by atoms with van der Waals surface area (Å²) in [6.07, 6.45) is 1.65. The quantitative estimate of drug-likeness (QED) is 0.610. The summed E-state index contributed by atoms with van der Waals surface area (Å²) in [5, 5.41) is 10.8. The van der Waals surface area contributed by atoms with Gasteiger partial charge in [0.05, 0.1) is 4.92 Å². The van der Waals surface area contributed by atoms with Crippen molar-refractivity contribution in [2.24, 2.45) is 0 Å². The molecule has 18 heavy (non-hydrogen) atoms. The van der Waals surface area contributed by atoms with E-state index in [1.807, 2.05) is 0 Å². The van der Waals surface area contributed by atoms with Gasteiger partial charge in [0.2, 0.25) is 0 Å². The van der Waals surface area contributed by atoms with E-state index in [1.165, 1.54) is 6.07 Å². The van der Waals surface area contributed by atoms with Crippen LogP contribution in [0.25, 0.3) is 0 Å². The normalized spacial score (nSPS) is 19.0. The number of nitro benzene ring substituents is 1. The van der Waals surface area contributed by atoms with Gasteiger partial charge in [-0.25, -0.2) is 0 Å². The van der Waals surface area contributed by atoms with Crippen molar-refractivity contribution in [1.82, 2.24) is 0 Å². The molecule has 1 aliphatic rings. The minimum atomic E-state index is -0.398. The van der Waals surface area contributed by atoms with Gasteiger partial charge in [0.15, 0.2) is 0 Å². The van der Waals surface area contributed by atoms with Crippen LogP contribution in [0.2, 0.25) is 0 Å². The second-order valence-electron chi connectivity index (χ2n) is 4.68. The molecule has 5 heteroatoms. The van der Waals surface area contributed by atoms with Crippen molar-refractivity contribution in [3.8, 4) is 5.75 Å². The molecule has 0 heterocycles. The van der Waals surface area contributed by atoms with Crippen LogP contribution in [0.1, 0.15) is 30.4 Å². The first-order valence-electron chi connectivity index (χ1n) is 5.91. The average Bonchev–Trinajstić information content (AvgIpc) is 2.68. The fraction of sp³-hybridized carbons (Fsp3) is 0.462. The maximum atomic E-state index is 11.2. The Bertz CT molecular complexity index is 510. The van der Waals surface area contributed by atoms with E-state index in [0.29, 0.717) is 24.2 Å². The summed E-state index contributed by atoms with van der Waals surface area (Å²) < 4.78 is 5.75. The van der Waals surface area contributed by atoms with Crippen LogP contribution in [0.5, 0.6) is 5.75 Å². The van der Waals surface area contributed by atoms with Gasteiger partial charge in [0, 0.05) is 24.5 Å². The lowest BCUT2D eigenvalue weighted by atomic mass is 10.1. The van der Waals surface area contributed by atoms with Crippen molar-refractivity contribution in [2.45, 2.75) is 39.2 Å². The van der Waals surface area contributed by atoms with Crippen LogP contribution in [0, 0.1) is 24.0 Å². The highest BCUT2D eigenvalue weighted by molar-refractivity contribution is 5.81. The van der Waals surface area contributed by atoms with Crippen molar-refractivity contribution in [1.29, 1.82) is 0 Å². The third kappa shape index (κ3) is 2.50. The van der Waals surface area contributed by atoms with Crippen LogP contribution >= 0.6 is 0 Å². The summed E-state index contributed by atoms with van der Waals surface area (Å²) in [4.78, 5) is 21.6.